The van der Waals surface area contributed by atoms with Crippen LogP contribution < -0.4 is 0 Å². The van der Waals surface area contributed by atoms with Gasteiger partial charge in [-0.1, -0.05) is 56.8 Å². The first-order chi connectivity index (χ1) is 8.02. The number of halogens is 2. The van der Waals surface area contributed by atoms with Crippen LogP contribution in [0, 0.1) is 5.92 Å². The molecular weight excluding hydrogens is 251 g/mol. The van der Waals surface area contributed by atoms with E-state index >= 15 is 0 Å². The summed E-state index contributed by atoms with van der Waals surface area (Å²) >= 11 is 12.1. The second kappa shape index (κ2) is 7.28. The highest BCUT2D eigenvalue weighted by atomic mass is 35.5. The van der Waals surface area contributed by atoms with Crippen LogP contribution in [0.1, 0.15) is 57.9 Å². The molecule has 1 unspecified atom stereocenters. The van der Waals surface area contributed by atoms with Crippen LogP contribution in [-0.2, 0) is 0 Å². The van der Waals surface area contributed by atoms with Crippen LogP contribution >= 0.6 is 23.2 Å². The predicted octanol–water partition coefficient (Wildman–Crippen LogP) is 6.31. The minimum absolute atomic E-state index is 0.596. The van der Waals surface area contributed by atoms with Crippen LogP contribution in [0.5, 0.6) is 0 Å². The van der Waals surface area contributed by atoms with Gasteiger partial charge in [-0.15, -0.1) is 0 Å². The largest absolute Gasteiger partial charge is 0.0843 e. The smallest absolute Gasteiger partial charge is 0.0423 e. The molecule has 1 atom stereocenters. The summed E-state index contributed by atoms with van der Waals surface area (Å²) in [6, 6.07) is 5.93. The summed E-state index contributed by atoms with van der Waals surface area (Å²) in [6.45, 7) is 6.77. The third kappa shape index (κ3) is 5.31. The Bertz CT molecular complexity index is 325. The molecule has 96 valence electrons. The van der Waals surface area contributed by atoms with Gasteiger partial charge in [0.15, 0.2) is 0 Å². The molecule has 17 heavy (non-hydrogen) atoms. The van der Waals surface area contributed by atoms with Crippen LogP contribution in [0.2, 0.25) is 10.0 Å². The van der Waals surface area contributed by atoms with Gasteiger partial charge in [-0.25, -0.2) is 0 Å². The Morgan fingerprint density at radius 2 is 1.53 bits per heavy atom. The summed E-state index contributed by atoms with van der Waals surface area (Å²) < 4.78 is 0. The molecule has 0 aliphatic heterocycles. The van der Waals surface area contributed by atoms with Crippen molar-refractivity contribution in [3.8, 4) is 0 Å². The fourth-order valence-corrected chi connectivity index (χ4v) is 2.71. The fourth-order valence-electron chi connectivity index (χ4n) is 2.17. The molecule has 0 fully saturated rings. The molecular formula is C15H22Cl2. The normalized spacial score (nSPS) is 13.1. The summed E-state index contributed by atoms with van der Waals surface area (Å²) in [7, 11) is 0. The maximum absolute atomic E-state index is 6.07. The van der Waals surface area contributed by atoms with Gasteiger partial charge in [0.1, 0.15) is 0 Å². The Morgan fingerprint density at radius 3 is 2.00 bits per heavy atom. The lowest BCUT2D eigenvalue weighted by Crippen LogP contribution is -2.01. The van der Waals surface area contributed by atoms with Crippen LogP contribution in [0.25, 0.3) is 0 Å². The highest BCUT2D eigenvalue weighted by Gasteiger charge is 2.12. The van der Waals surface area contributed by atoms with Gasteiger partial charge in [0.05, 0.1) is 0 Å². The summed E-state index contributed by atoms with van der Waals surface area (Å²) in [4.78, 5) is 0. The van der Waals surface area contributed by atoms with E-state index in [9.17, 15) is 0 Å². The van der Waals surface area contributed by atoms with Crippen molar-refractivity contribution in [2.75, 3.05) is 0 Å². The van der Waals surface area contributed by atoms with Gasteiger partial charge >= 0.3 is 0 Å². The van der Waals surface area contributed by atoms with E-state index in [0.29, 0.717) is 5.92 Å². The SMILES string of the molecule is CCCC(CCC(C)C)c1cc(Cl)cc(Cl)c1. The van der Waals surface area contributed by atoms with Gasteiger partial charge in [0.25, 0.3) is 0 Å². The lowest BCUT2D eigenvalue weighted by atomic mass is 9.88. The van der Waals surface area contributed by atoms with E-state index < -0.39 is 0 Å². The van der Waals surface area contributed by atoms with E-state index in [-0.39, 0.29) is 0 Å². The van der Waals surface area contributed by atoms with Crippen molar-refractivity contribution in [3.05, 3.63) is 33.8 Å². The van der Waals surface area contributed by atoms with Crippen molar-refractivity contribution in [3.63, 3.8) is 0 Å². The zero-order valence-corrected chi connectivity index (χ0v) is 12.5. The van der Waals surface area contributed by atoms with Gasteiger partial charge in [-0.3, -0.25) is 0 Å². The molecule has 0 radical (unpaired) electrons. The maximum Gasteiger partial charge on any atom is 0.0423 e. The topological polar surface area (TPSA) is 0 Å². The lowest BCUT2D eigenvalue weighted by Gasteiger charge is -2.18. The Labute approximate surface area is 115 Å². The van der Waals surface area contributed by atoms with Crippen LogP contribution in [0.4, 0.5) is 0 Å². The first-order valence-electron chi connectivity index (χ1n) is 6.49. The predicted molar refractivity (Wildman–Crippen MR) is 78.2 cm³/mol. The number of rotatable bonds is 6. The molecule has 0 N–H and O–H groups in total. The average molecular weight is 273 g/mol. The molecule has 0 heterocycles. The Kier molecular flexibility index (Phi) is 6.37. The van der Waals surface area contributed by atoms with Gasteiger partial charge in [0, 0.05) is 10.0 Å². The fraction of sp³-hybridized carbons (Fsp3) is 0.600. The van der Waals surface area contributed by atoms with E-state index in [1.807, 2.05) is 0 Å². The van der Waals surface area contributed by atoms with E-state index in [0.717, 1.165) is 16.0 Å². The van der Waals surface area contributed by atoms with Gasteiger partial charge in [-0.05, 0) is 48.4 Å². The zero-order valence-electron chi connectivity index (χ0n) is 11.0. The summed E-state index contributed by atoms with van der Waals surface area (Å²) in [5, 5.41) is 1.50. The molecule has 0 saturated heterocycles. The van der Waals surface area contributed by atoms with Gasteiger partial charge in [-0.2, -0.15) is 0 Å². The van der Waals surface area contributed by atoms with E-state index in [1.165, 1.54) is 31.2 Å². The minimum atomic E-state index is 0.596. The van der Waals surface area contributed by atoms with Crippen molar-refractivity contribution < 1.29 is 0 Å². The van der Waals surface area contributed by atoms with E-state index in [1.54, 1.807) is 6.07 Å². The first kappa shape index (κ1) is 14.9. The molecule has 1 rings (SSSR count). The molecule has 0 bridgehead atoms. The van der Waals surface area contributed by atoms with Crippen LogP contribution in [0.15, 0.2) is 18.2 Å². The van der Waals surface area contributed by atoms with Crippen LogP contribution in [-0.4, -0.2) is 0 Å². The average Bonchev–Trinajstić information content (AvgIpc) is 2.22. The molecule has 0 aliphatic carbocycles. The maximum atomic E-state index is 6.07. The van der Waals surface area contributed by atoms with Crippen molar-refractivity contribution in [2.45, 2.75) is 52.4 Å². The minimum Gasteiger partial charge on any atom is -0.0843 e. The lowest BCUT2D eigenvalue weighted by molar-refractivity contribution is 0.478. The highest BCUT2D eigenvalue weighted by Crippen LogP contribution is 2.31. The van der Waals surface area contributed by atoms with Crippen molar-refractivity contribution in [1.82, 2.24) is 0 Å². The zero-order chi connectivity index (χ0) is 12.8. The molecule has 0 aromatic heterocycles. The summed E-state index contributed by atoms with van der Waals surface area (Å²) in [6.07, 6.45) is 4.90. The molecule has 1 aromatic rings. The monoisotopic (exact) mass is 272 g/mol. The van der Waals surface area contributed by atoms with Crippen molar-refractivity contribution in [2.24, 2.45) is 5.92 Å². The quantitative estimate of drug-likeness (QED) is 0.569. The number of benzene rings is 1. The molecule has 0 amide bonds. The molecule has 0 spiro atoms. The summed E-state index contributed by atoms with van der Waals surface area (Å²) in [5.74, 6) is 1.35. The number of hydrogen-bond acceptors (Lipinski definition) is 0. The molecule has 1 aromatic carbocycles. The molecule has 2 heteroatoms. The Morgan fingerprint density at radius 1 is 0.941 bits per heavy atom. The van der Waals surface area contributed by atoms with Gasteiger partial charge in [0.2, 0.25) is 0 Å². The van der Waals surface area contributed by atoms with Gasteiger partial charge < -0.3 is 0 Å². The molecule has 0 nitrogen and oxygen atoms in total. The Balaban J connectivity index is 2.80. The summed E-state index contributed by atoms with van der Waals surface area (Å²) in [5.41, 5.74) is 1.30. The number of hydrogen-bond donors (Lipinski definition) is 0. The second-order valence-electron chi connectivity index (χ2n) is 5.16. The van der Waals surface area contributed by atoms with E-state index in [2.05, 4.69) is 32.9 Å². The van der Waals surface area contributed by atoms with Crippen molar-refractivity contribution in [1.29, 1.82) is 0 Å². The molecule has 0 saturated carbocycles. The van der Waals surface area contributed by atoms with E-state index in [4.69, 9.17) is 23.2 Å². The first-order valence-corrected chi connectivity index (χ1v) is 7.24. The standard InChI is InChI=1S/C15H22Cl2/c1-4-5-12(7-6-11(2)3)13-8-14(16)10-15(17)9-13/h8-12H,4-7H2,1-3H3. The van der Waals surface area contributed by atoms with Crippen molar-refractivity contribution >= 4 is 23.2 Å². The third-order valence-corrected chi connectivity index (χ3v) is 3.52. The Hall–Kier alpha value is -0.200. The third-order valence-electron chi connectivity index (χ3n) is 3.09. The van der Waals surface area contributed by atoms with Crippen LogP contribution in [0.3, 0.4) is 0 Å². The second-order valence-corrected chi connectivity index (χ2v) is 6.03. The molecule has 0 aliphatic rings. The highest BCUT2D eigenvalue weighted by molar-refractivity contribution is 6.34.